The first-order chi connectivity index (χ1) is 10.6. The molecule has 1 unspecified atom stereocenters. The van der Waals surface area contributed by atoms with Crippen LogP contribution < -0.4 is 5.73 Å². The number of nitrogens with two attached hydrogens (primary N) is 1. The molecule has 3 rings (SSSR count). The van der Waals surface area contributed by atoms with Crippen molar-refractivity contribution in [2.24, 2.45) is 5.73 Å². The highest BCUT2D eigenvalue weighted by molar-refractivity contribution is 5.99. The van der Waals surface area contributed by atoms with E-state index in [9.17, 15) is 10.1 Å². The molecule has 0 fully saturated rings. The van der Waals surface area contributed by atoms with Crippen molar-refractivity contribution in [2.45, 2.75) is 45.6 Å². The second-order valence-corrected chi connectivity index (χ2v) is 5.54. The number of nitrogens with zero attached hydrogens (tertiary/aromatic N) is 3. The number of Topliss-reactive ketones (excluding diaryl/α,β-unsaturated/α-hetero) is 1. The van der Waals surface area contributed by atoms with E-state index in [1.807, 2.05) is 18.5 Å². The lowest BCUT2D eigenvalue weighted by molar-refractivity contribution is -0.116. The van der Waals surface area contributed by atoms with E-state index in [1.54, 1.807) is 6.20 Å². The number of aromatic nitrogens is 2. The van der Waals surface area contributed by atoms with Gasteiger partial charge in [-0.15, -0.1) is 0 Å². The molecule has 2 heterocycles. The van der Waals surface area contributed by atoms with E-state index in [0.29, 0.717) is 29.7 Å². The van der Waals surface area contributed by atoms with Crippen LogP contribution in [0, 0.1) is 18.3 Å². The Morgan fingerprint density at radius 1 is 1.55 bits per heavy atom. The van der Waals surface area contributed by atoms with Gasteiger partial charge in [-0.2, -0.15) is 10.4 Å². The van der Waals surface area contributed by atoms with Gasteiger partial charge in [0, 0.05) is 36.2 Å². The van der Waals surface area contributed by atoms with Gasteiger partial charge in [0.2, 0.25) is 5.88 Å². The smallest absolute Gasteiger partial charge is 0.205 e. The molecule has 1 aromatic rings. The Morgan fingerprint density at radius 2 is 2.32 bits per heavy atom. The monoisotopic (exact) mass is 298 g/mol. The summed E-state index contributed by atoms with van der Waals surface area (Å²) in [4.78, 5) is 12.4. The Hall–Kier alpha value is -2.55. The van der Waals surface area contributed by atoms with Crippen LogP contribution in [0.2, 0.25) is 0 Å². The van der Waals surface area contributed by atoms with Gasteiger partial charge in [-0.3, -0.25) is 9.48 Å². The van der Waals surface area contributed by atoms with Crippen molar-refractivity contribution in [3.05, 3.63) is 40.2 Å². The molecule has 0 radical (unpaired) electrons. The van der Waals surface area contributed by atoms with Crippen LogP contribution in [0.3, 0.4) is 0 Å². The Kier molecular flexibility index (Phi) is 3.49. The summed E-state index contributed by atoms with van der Waals surface area (Å²) in [5, 5.41) is 13.8. The molecule has 114 valence electrons. The number of carbonyl (C=O) groups is 1. The number of hydrogen-bond acceptors (Lipinski definition) is 5. The largest absolute Gasteiger partial charge is 0.444 e. The maximum absolute atomic E-state index is 12.4. The first-order valence-electron chi connectivity index (χ1n) is 7.44. The highest BCUT2D eigenvalue weighted by Crippen LogP contribution is 2.43. The highest BCUT2D eigenvalue weighted by atomic mass is 16.5. The Bertz CT molecular complexity index is 749. The van der Waals surface area contributed by atoms with E-state index in [2.05, 4.69) is 11.2 Å². The predicted octanol–water partition coefficient (Wildman–Crippen LogP) is 2.03. The van der Waals surface area contributed by atoms with Crippen molar-refractivity contribution >= 4 is 5.78 Å². The second kappa shape index (κ2) is 5.34. The third kappa shape index (κ3) is 2.01. The fraction of sp³-hybridized carbons (Fsp3) is 0.438. The summed E-state index contributed by atoms with van der Waals surface area (Å²) in [6.07, 6.45) is 3.65. The summed E-state index contributed by atoms with van der Waals surface area (Å²) in [6, 6.07) is 2.12. The molecular formula is C16H18N4O2. The van der Waals surface area contributed by atoms with Gasteiger partial charge < -0.3 is 10.5 Å². The van der Waals surface area contributed by atoms with E-state index in [-0.39, 0.29) is 11.7 Å². The van der Waals surface area contributed by atoms with Crippen molar-refractivity contribution in [1.29, 1.82) is 5.26 Å². The third-order valence-electron chi connectivity index (χ3n) is 4.36. The number of aryl methyl sites for hydroxylation is 1. The molecule has 1 aliphatic heterocycles. The van der Waals surface area contributed by atoms with Crippen LogP contribution in [0.25, 0.3) is 0 Å². The Balaban J connectivity index is 2.20. The highest BCUT2D eigenvalue weighted by Gasteiger charge is 2.39. The summed E-state index contributed by atoms with van der Waals surface area (Å²) >= 11 is 0. The SMILES string of the molecule is CCn1ncc(C2C(C#N)=C(N)OC3=C2C(=O)CCC3)c1C. The molecule has 1 aromatic heterocycles. The average molecular weight is 298 g/mol. The number of allylic oxidation sites excluding steroid dienone is 3. The first kappa shape index (κ1) is 14.4. The normalized spacial score (nSPS) is 21.5. The zero-order chi connectivity index (χ0) is 15.9. The number of rotatable bonds is 2. The fourth-order valence-electron chi connectivity index (χ4n) is 3.23. The standard InChI is InChI=1S/C16H18N4O2/c1-3-20-9(2)11(8-19-20)14-10(7-17)16(18)22-13-6-4-5-12(21)15(13)14/h8,14H,3-6,18H2,1-2H3. The molecule has 0 spiro atoms. The molecule has 2 aliphatic rings. The molecule has 1 aliphatic carbocycles. The third-order valence-corrected chi connectivity index (χ3v) is 4.36. The molecule has 1 atom stereocenters. The number of ketones is 1. The van der Waals surface area contributed by atoms with Crippen LogP contribution in [-0.2, 0) is 16.1 Å². The van der Waals surface area contributed by atoms with Crippen molar-refractivity contribution in [1.82, 2.24) is 9.78 Å². The minimum Gasteiger partial charge on any atom is -0.444 e. The number of ether oxygens (including phenoxy) is 1. The summed E-state index contributed by atoms with van der Waals surface area (Å²) in [6.45, 7) is 4.68. The summed E-state index contributed by atoms with van der Waals surface area (Å²) in [5.41, 5.74) is 8.60. The molecule has 0 saturated carbocycles. The summed E-state index contributed by atoms with van der Waals surface area (Å²) in [5.74, 6) is 0.294. The van der Waals surface area contributed by atoms with Gasteiger partial charge in [0.05, 0.1) is 12.1 Å². The lowest BCUT2D eigenvalue weighted by Crippen LogP contribution is -2.27. The van der Waals surface area contributed by atoms with Gasteiger partial charge in [-0.25, -0.2) is 0 Å². The molecule has 6 nitrogen and oxygen atoms in total. The van der Waals surface area contributed by atoms with E-state index in [0.717, 1.165) is 24.2 Å². The van der Waals surface area contributed by atoms with Crippen LogP contribution in [-0.4, -0.2) is 15.6 Å². The quantitative estimate of drug-likeness (QED) is 0.901. The summed E-state index contributed by atoms with van der Waals surface area (Å²) < 4.78 is 7.41. The topological polar surface area (TPSA) is 93.9 Å². The lowest BCUT2D eigenvalue weighted by Gasteiger charge is -2.30. The van der Waals surface area contributed by atoms with Crippen LogP contribution in [0.5, 0.6) is 0 Å². The van der Waals surface area contributed by atoms with Crippen molar-refractivity contribution in [2.75, 3.05) is 0 Å². The average Bonchev–Trinajstić information content (AvgIpc) is 2.86. The van der Waals surface area contributed by atoms with Gasteiger partial charge in [0.1, 0.15) is 17.4 Å². The predicted molar refractivity (Wildman–Crippen MR) is 79.2 cm³/mol. The van der Waals surface area contributed by atoms with E-state index in [1.165, 1.54) is 0 Å². The fourth-order valence-corrected chi connectivity index (χ4v) is 3.23. The lowest BCUT2D eigenvalue weighted by atomic mass is 9.78. The minimum atomic E-state index is -0.457. The van der Waals surface area contributed by atoms with Gasteiger partial charge in [0.15, 0.2) is 5.78 Å². The Morgan fingerprint density at radius 3 is 2.95 bits per heavy atom. The summed E-state index contributed by atoms with van der Waals surface area (Å²) in [7, 11) is 0. The van der Waals surface area contributed by atoms with Crippen LogP contribution in [0.15, 0.2) is 29.0 Å². The number of hydrogen-bond donors (Lipinski definition) is 1. The van der Waals surface area contributed by atoms with Crippen LogP contribution in [0.1, 0.15) is 43.4 Å². The molecule has 0 bridgehead atoms. The first-order valence-corrected chi connectivity index (χ1v) is 7.44. The molecule has 0 amide bonds. The number of nitriles is 1. The molecule has 2 N–H and O–H groups in total. The van der Waals surface area contributed by atoms with E-state index >= 15 is 0 Å². The van der Waals surface area contributed by atoms with Gasteiger partial charge in [0.25, 0.3) is 0 Å². The van der Waals surface area contributed by atoms with Crippen molar-refractivity contribution in [3.8, 4) is 6.07 Å². The van der Waals surface area contributed by atoms with Crippen molar-refractivity contribution in [3.63, 3.8) is 0 Å². The van der Waals surface area contributed by atoms with Gasteiger partial charge >= 0.3 is 0 Å². The maximum Gasteiger partial charge on any atom is 0.205 e. The van der Waals surface area contributed by atoms with E-state index < -0.39 is 5.92 Å². The molecule has 22 heavy (non-hydrogen) atoms. The van der Waals surface area contributed by atoms with Crippen LogP contribution >= 0.6 is 0 Å². The van der Waals surface area contributed by atoms with E-state index in [4.69, 9.17) is 10.5 Å². The molecular weight excluding hydrogens is 280 g/mol. The molecule has 0 aromatic carbocycles. The minimum absolute atomic E-state index is 0.0372. The van der Waals surface area contributed by atoms with Crippen molar-refractivity contribution < 1.29 is 9.53 Å². The second-order valence-electron chi connectivity index (χ2n) is 5.54. The Labute approximate surface area is 128 Å². The maximum atomic E-state index is 12.4. The zero-order valence-corrected chi connectivity index (χ0v) is 12.7. The zero-order valence-electron chi connectivity index (χ0n) is 12.7. The van der Waals surface area contributed by atoms with Gasteiger partial charge in [-0.05, 0) is 20.3 Å². The van der Waals surface area contributed by atoms with Gasteiger partial charge in [-0.1, -0.05) is 0 Å². The van der Waals surface area contributed by atoms with Crippen LogP contribution in [0.4, 0.5) is 0 Å². The molecule has 0 saturated heterocycles. The molecule has 6 heteroatoms. The number of carbonyl (C=O) groups excluding carboxylic acids is 1.